The second-order valence-corrected chi connectivity index (χ2v) is 18.1. The van der Waals surface area contributed by atoms with Gasteiger partial charge in [0.1, 0.15) is 54.4 Å². The highest BCUT2D eigenvalue weighted by atomic mass is 16.8. The first-order valence-electron chi connectivity index (χ1n) is 22.9. The predicted octanol–water partition coefficient (Wildman–Crippen LogP) is 2.48. The highest BCUT2D eigenvalue weighted by Gasteiger charge is 2.53. The third-order valence-electron chi connectivity index (χ3n) is 11.4. The topological polar surface area (TPSA) is 269 Å². The molecule has 2 aliphatic heterocycles. The Hall–Kier alpha value is -3.82. The number of carbonyl (C=O) groups excluding carboxylic acids is 4. The standard InChI is InChI=1S/C47H72N2O16/c1-7-9-11-20-47(21-12-10-8-2)63-34-25-31(42(57)49-37(28(3)52)43(58)48-32(26-50)18-19-36(53)64-46(4,5)6)24-33(41(34)65-47)61-44(59)30-17-13-15-29(23-30)16-14-22-60-45-40(56)39(55)38(54)35(27-51)62-45/h13-17,23,25,28,32-35,37-41,45,50-52,54-56H,7-12,18-22,24,26-27H2,1-6H3,(H,48,58)(H,49,57)/t28-,32-,33+,34+,35+,37+,38-,39-,40+,41-,45-/m0/s1. The minimum absolute atomic E-state index is 0.0493. The van der Waals surface area contributed by atoms with Crippen LogP contribution in [0.15, 0.2) is 42.0 Å². The summed E-state index contributed by atoms with van der Waals surface area (Å²) >= 11 is 0. The Balaban J connectivity index is 1.51. The molecular weight excluding hydrogens is 849 g/mol. The molecule has 1 aromatic carbocycles. The molecule has 2 heterocycles. The minimum Gasteiger partial charge on any atom is -0.460 e. The summed E-state index contributed by atoms with van der Waals surface area (Å²) in [6.07, 6.45) is 0.363. The van der Waals surface area contributed by atoms with Crippen LogP contribution >= 0.6 is 0 Å². The number of nitrogens with one attached hydrogen (secondary N) is 2. The molecule has 3 aliphatic rings. The number of carbonyl (C=O) groups is 4. The van der Waals surface area contributed by atoms with Crippen molar-refractivity contribution in [2.45, 2.75) is 191 Å². The average Bonchev–Trinajstić information content (AvgIpc) is 3.63. The molecule has 0 bridgehead atoms. The number of aliphatic hydroxyl groups is 6. The number of rotatable bonds is 24. The average molecular weight is 921 g/mol. The summed E-state index contributed by atoms with van der Waals surface area (Å²) < 4.78 is 35.8. The Bertz CT molecular complexity index is 1750. The molecule has 0 spiro atoms. The van der Waals surface area contributed by atoms with E-state index in [1.807, 2.05) is 0 Å². The molecule has 18 heteroatoms. The van der Waals surface area contributed by atoms with E-state index in [1.54, 1.807) is 63.3 Å². The lowest BCUT2D eigenvalue weighted by Gasteiger charge is -2.39. The van der Waals surface area contributed by atoms with Crippen LogP contribution in [0, 0.1) is 0 Å². The maximum Gasteiger partial charge on any atom is 0.338 e. The molecule has 2 saturated heterocycles. The summed E-state index contributed by atoms with van der Waals surface area (Å²) in [5.41, 5.74) is 0.199. The zero-order valence-electron chi connectivity index (χ0n) is 38.6. The number of ether oxygens (including phenoxy) is 6. The number of benzene rings is 1. The fourth-order valence-corrected chi connectivity index (χ4v) is 7.94. The molecule has 0 aromatic heterocycles. The molecule has 2 amide bonds. The van der Waals surface area contributed by atoms with Crippen LogP contribution in [0.25, 0.3) is 6.08 Å². The number of hydrogen-bond acceptors (Lipinski definition) is 16. The molecule has 18 nitrogen and oxygen atoms in total. The predicted molar refractivity (Wildman–Crippen MR) is 236 cm³/mol. The highest BCUT2D eigenvalue weighted by Crippen LogP contribution is 2.43. The Morgan fingerprint density at radius 2 is 1.65 bits per heavy atom. The maximum atomic E-state index is 14.1. The van der Waals surface area contributed by atoms with E-state index in [4.69, 9.17) is 28.4 Å². The van der Waals surface area contributed by atoms with Crippen LogP contribution in [0.5, 0.6) is 0 Å². The van der Waals surface area contributed by atoms with Crippen LogP contribution < -0.4 is 10.6 Å². The molecule has 11 atom stereocenters. The van der Waals surface area contributed by atoms with Gasteiger partial charge in [-0.1, -0.05) is 63.8 Å². The first-order valence-corrected chi connectivity index (χ1v) is 22.9. The second-order valence-electron chi connectivity index (χ2n) is 18.1. The van der Waals surface area contributed by atoms with E-state index in [0.717, 1.165) is 38.5 Å². The number of aliphatic hydroxyl groups excluding tert-OH is 6. The fourth-order valence-electron chi connectivity index (χ4n) is 7.94. The zero-order chi connectivity index (χ0) is 47.9. The second kappa shape index (κ2) is 25.4. The third kappa shape index (κ3) is 15.9. The third-order valence-corrected chi connectivity index (χ3v) is 11.4. The lowest BCUT2D eigenvalue weighted by Crippen LogP contribution is -2.59. The van der Waals surface area contributed by atoms with E-state index < -0.39 is 116 Å². The van der Waals surface area contributed by atoms with Crippen molar-refractivity contribution in [2.24, 2.45) is 0 Å². The van der Waals surface area contributed by atoms with E-state index in [0.29, 0.717) is 18.4 Å². The number of amides is 2. The van der Waals surface area contributed by atoms with E-state index in [2.05, 4.69) is 24.5 Å². The van der Waals surface area contributed by atoms with Crippen molar-refractivity contribution in [3.05, 3.63) is 53.1 Å². The maximum absolute atomic E-state index is 14.1. The SMILES string of the molecule is CCCCCC1(CCCCC)O[C@@H]2[C@@H](C=C(C(=O)N[C@@H](C(=O)N[C@H](CO)CCC(=O)OC(C)(C)C)[C@H](C)O)C[C@H]2OC(=O)c2cccc(C=CCO[C@H]3O[C@H](CO)[C@H](O)[C@H](O)[C@H]3O)c2)O1. The monoisotopic (exact) mass is 920 g/mol. The normalized spacial score (nSPS) is 26.7. The Morgan fingerprint density at radius 3 is 2.26 bits per heavy atom. The molecule has 1 aromatic rings. The van der Waals surface area contributed by atoms with Crippen LogP contribution in [0.3, 0.4) is 0 Å². The largest absolute Gasteiger partial charge is 0.460 e. The zero-order valence-corrected chi connectivity index (χ0v) is 38.6. The van der Waals surface area contributed by atoms with Gasteiger partial charge in [-0.2, -0.15) is 0 Å². The lowest BCUT2D eigenvalue weighted by atomic mass is 9.91. The van der Waals surface area contributed by atoms with Crippen LogP contribution in [-0.2, 0) is 42.8 Å². The van der Waals surface area contributed by atoms with Gasteiger partial charge in [0.05, 0.1) is 37.5 Å². The van der Waals surface area contributed by atoms with E-state index in [9.17, 15) is 49.8 Å². The van der Waals surface area contributed by atoms with Gasteiger partial charge >= 0.3 is 11.9 Å². The summed E-state index contributed by atoms with van der Waals surface area (Å²) in [4.78, 5) is 53.7. The van der Waals surface area contributed by atoms with Gasteiger partial charge in [0.25, 0.3) is 0 Å². The summed E-state index contributed by atoms with van der Waals surface area (Å²) in [6, 6.07) is 4.21. The summed E-state index contributed by atoms with van der Waals surface area (Å²) in [5, 5.41) is 65.7. The fraction of sp³-hybridized carbons (Fsp3) is 0.702. The van der Waals surface area contributed by atoms with E-state index in [1.165, 1.54) is 6.92 Å². The van der Waals surface area contributed by atoms with Crippen molar-refractivity contribution in [1.82, 2.24) is 10.6 Å². The van der Waals surface area contributed by atoms with Gasteiger partial charge in [-0.3, -0.25) is 14.4 Å². The van der Waals surface area contributed by atoms with E-state index in [-0.39, 0.29) is 37.0 Å². The molecule has 0 saturated carbocycles. The highest BCUT2D eigenvalue weighted by molar-refractivity contribution is 5.98. The molecule has 0 unspecified atom stereocenters. The quantitative estimate of drug-likeness (QED) is 0.0547. The summed E-state index contributed by atoms with van der Waals surface area (Å²) in [6.45, 7) is 9.51. The molecule has 4 rings (SSSR count). The van der Waals surface area contributed by atoms with Gasteiger partial charge in [0.2, 0.25) is 11.8 Å². The molecule has 2 fully saturated rings. The first-order chi connectivity index (χ1) is 30.8. The number of fused-ring (bicyclic) bond motifs is 1. The first kappa shape index (κ1) is 53.8. The van der Waals surface area contributed by atoms with Crippen LogP contribution in [0.4, 0.5) is 0 Å². The molecular formula is C47H72N2O16. The van der Waals surface area contributed by atoms with Crippen LogP contribution in [-0.4, -0.2) is 153 Å². The van der Waals surface area contributed by atoms with Gasteiger partial charge in [-0.25, -0.2) is 4.79 Å². The molecule has 366 valence electrons. The van der Waals surface area contributed by atoms with Gasteiger partial charge in [-0.15, -0.1) is 0 Å². The Kier molecular flexibility index (Phi) is 21.0. The van der Waals surface area contributed by atoms with Crippen LogP contribution in [0.2, 0.25) is 0 Å². The number of hydrogen-bond donors (Lipinski definition) is 8. The molecule has 8 N–H and O–H groups in total. The van der Waals surface area contributed by atoms with E-state index >= 15 is 0 Å². The van der Waals surface area contributed by atoms with Crippen LogP contribution in [0.1, 0.15) is 128 Å². The van der Waals surface area contributed by atoms with Gasteiger partial charge in [-0.05, 0) is 70.7 Å². The van der Waals surface area contributed by atoms with Crippen molar-refractivity contribution < 1.29 is 78.2 Å². The molecule has 0 radical (unpaired) electrons. The van der Waals surface area contributed by atoms with Crippen molar-refractivity contribution >= 4 is 29.8 Å². The van der Waals surface area contributed by atoms with Crippen molar-refractivity contribution in [2.75, 3.05) is 19.8 Å². The lowest BCUT2D eigenvalue weighted by molar-refractivity contribution is -0.298. The minimum atomic E-state index is -1.58. The summed E-state index contributed by atoms with van der Waals surface area (Å²) in [5.74, 6) is -3.70. The Morgan fingerprint density at radius 1 is 0.954 bits per heavy atom. The van der Waals surface area contributed by atoms with Crippen molar-refractivity contribution in [3.8, 4) is 0 Å². The van der Waals surface area contributed by atoms with Gasteiger partial charge in [0, 0.05) is 31.3 Å². The molecule has 1 aliphatic carbocycles. The molecule has 65 heavy (non-hydrogen) atoms. The van der Waals surface area contributed by atoms with Gasteiger partial charge < -0.3 is 69.7 Å². The van der Waals surface area contributed by atoms with Crippen molar-refractivity contribution in [3.63, 3.8) is 0 Å². The number of unbranched alkanes of at least 4 members (excludes halogenated alkanes) is 4. The smallest absolute Gasteiger partial charge is 0.338 e. The Labute approximate surface area is 381 Å². The summed E-state index contributed by atoms with van der Waals surface area (Å²) in [7, 11) is 0. The number of esters is 2. The van der Waals surface area contributed by atoms with Gasteiger partial charge in [0.15, 0.2) is 12.1 Å². The van der Waals surface area contributed by atoms with Crippen molar-refractivity contribution in [1.29, 1.82) is 0 Å².